The van der Waals surface area contributed by atoms with Gasteiger partial charge in [-0.1, -0.05) is 27.2 Å². The van der Waals surface area contributed by atoms with E-state index in [0.29, 0.717) is 6.42 Å². The van der Waals surface area contributed by atoms with Crippen LogP contribution >= 0.6 is 0 Å². The van der Waals surface area contributed by atoms with E-state index in [2.05, 4.69) is 10.3 Å². The minimum atomic E-state index is -1.15. The fourth-order valence-corrected chi connectivity index (χ4v) is 2.30. The Balaban J connectivity index is 3.15. The number of hydrogen-bond acceptors (Lipinski definition) is 3. The predicted molar refractivity (Wildman–Crippen MR) is 57.8 cm³/mol. The van der Waals surface area contributed by atoms with Crippen molar-refractivity contribution in [2.75, 3.05) is 0 Å². The molecule has 0 aromatic carbocycles. The van der Waals surface area contributed by atoms with Gasteiger partial charge in [0.05, 0.1) is 5.41 Å². The summed E-state index contributed by atoms with van der Waals surface area (Å²) in [6, 6.07) is -0.845. The molecular weight excluding hydrogens is 208 g/mol. The van der Waals surface area contributed by atoms with Crippen LogP contribution in [-0.4, -0.2) is 17.8 Å². The van der Waals surface area contributed by atoms with Gasteiger partial charge >= 0.3 is 6.03 Å². The van der Waals surface area contributed by atoms with Crippen molar-refractivity contribution in [1.82, 2.24) is 5.32 Å². The number of carbonyl (C=O) groups is 2. The van der Waals surface area contributed by atoms with Gasteiger partial charge in [-0.25, -0.2) is 9.79 Å². The van der Waals surface area contributed by atoms with E-state index in [9.17, 15) is 14.7 Å². The van der Waals surface area contributed by atoms with Crippen molar-refractivity contribution in [2.45, 2.75) is 40.0 Å². The molecule has 0 spiro atoms. The van der Waals surface area contributed by atoms with Gasteiger partial charge < -0.3 is 5.11 Å². The largest absolute Gasteiger partial charge is 0.861 e. The first-order chi connectivity index (χ1) is 7.48. The second-order valence-corrected chi connectivity index (χ2v) is 4.19. The van der Waals surface area contributed by atoms with Crippen LogP contribution in [0.2, 0.25) is 0 Å². The third-order valence-corrected chi connectivity index (χ3v) is 3.33. The molecule has 5 heteroatoms. The molecule has 1 aliphatic heterocycles. The van der Waals surface area contributed by atoms with Crippen molar-refractivity contribution < 1.29 is 14.7 Å². The van der Waals surface area contributed by atoms with E-state index in [1.165, 1.54) is 0 Å². The number of rotatable bonds is 4. The van der Waals surface area contributed by atoms with E-state index in [-0.39, 0.29) is 5.92 Å². The van der Waals surface area contributed by atoms with Crippen LogP contribution in [0.3, 0.4) is 0 Å². The summed E-state index contributed by atoms with van der Waals surface area (Å²) < 4.78 is 0. The van der Waals surface area contributed by atoms with Gasteiger partial charge in [-0.3, -0.25) is 10.1 Å². The lowest BCUT2D eigenvalue weighted by Crippen LogP contribution is -2.59. The summed E-state index contributed by atoms with van der Waals surface area (Å²) in [6.45, 7) is 5.62. The average molecular weight is 225 g/mol. The maximum absolute atomic E-state index is 11.9. The number of nitrogens with one attached hydrogen (secondary N) is 1. The normalized spacial score (nSPS) is 27.3. The highest BCUT2D eigenvalue weighted by Gasteiger charge is 2.45. The van der Waals surface area contributed by atoms with E-state index in [4.69, 9.17) is 0 Å². The Labute approximate surface area is 94.9 Å². The van der Waals surface area contributed by atoms with Gasteiger partial charge in [0.25, 0.3) is 0 Å². The number of hydrogen-bond donors (Lipinski definition) is 1. The van der Waals surface area contributed by atoms with Gasteiger partial charge in [0.1, 0.15) is 0 Å². The zero-order chi connectivity index (χ0) is 12.3. The van der Waals surface area contributed by atoms with Crippen LogP contribution in [-0.2, 0) is 4.79 Å². The molecular formula is C11H17N2O3-. The molecule has 0 aromatic rings. The lowest BCUT2D eigenvalue weighted by atomic mass is 9.70. The summed E-state index contributed by atoms with van der Waals surface area (Å²) in [7, 11) is 0. The smallest absolute Gasteiger partial charge is 0.346 e. The lowest BCUT2D eigenvalue weighted by Gasteiger charge is -2.42. The molecule has 16 heavy (non-hydrogen) atoms. The second-order valence-electron chi connectivity index (χ2n) is 4.19. The van der Waals surface area contributed by atoms with Crippen molar-refractivity contribution in [3.8, 4) is 0 Å². The Morgan fingerprint density at radius 3 is 2.50 bits per heavy atom. The lowest BCUT2D eigenvalue weighted by molar-refractivity contribution is -0.234. The highest BCUT2D eigenvalue weighted by Crippen LogP contribution is 2.36. The molecule has 2 unspecified atom stereocenters. The minimum absolute atomic E-state index is 0.105. The number of imide groups is 1. The molecule has 0 aliphatic carbocycles. The van der Waals surface area contributed by atoms with E-state index < -0.39 is 23.3 Å². The summed E-state index contributed by atoms with van der Waals surface area (Å²) in [4.78, 5) is 26.2. The number of aliphatic imine (C=N–C) groups is 1. The molecule has 1 aliphatic rings. The summed E-state index contributed by atoms with van der Waals surface area (Å²) in [6.07, 6.45) is 2.02. The number of amides is 3. The van der Waals surface area contributed by atoms with Crippen LogP contribution in [0.15, 0.2) is 4.99 Å². The van der Waals surface area contributed by atoms with Crippen molar-refractivity contribution in [2.24, 2.45) is 16.3 Å². The molecule has 1 N–H and O–H groups in total. The molecule has 1 rings (SSSR count). The fraction of sp³-hybridized carbons (Fsp3) is 0.727. The highest BCUT2D eigenvalue weighted by molar-refractivity contribution is 6.16. The predicted octanol–water partition coefficient (Wildman–Crippen LogP) is 0.828. The van der Waals surface area contributed by atoms with Crippen LogP contribution in [0.5, 0.6) is 0 Å². The molecule has 2 atom stereocenters. The maximum Gasteiger partial charge on any atom is 0.346 e. The third kappa shape index (κ3) is 1.81. The highest BCUT2D eigenvalue weighted by atomic mass is 16.3. The Bertz CT molecular complexity index is 338. The first-order valence-electron chi connectivity index (χ1n) is 5.60. The van der Waals surface area contributed by atoms with Gasteiger partial charge in [-0.05, 0) is 24.7 Å². The van der Waals surface area contributed by atoms with Crippen LogP contribution in [0.1, 0.15) is 40.0 Å². The zero-order valence-electron chi connectivity index (χ0n) is 9.87. The molecule has 0 saturated carbocycles. The number of nitrogens with zero attached hydrogens (tertiary/aromatic N) is 1. The van der Waals surface area contributed by atoms with Crippen LogP contribution in [0.4, 0.5) is 4.79 Å². The molecule has 0 bridgehead atoms. The van der Waals surface area contributed by atoms with Crippen LogP contribution in [0.25, 0.3) is 0 Å². The van der Waals surface area contributed by atoms with Crippen LogP contribution < -0.4 is 10.4 Å². The average Bonchev–Trinajstić information content (AvgIpc) is 2.18. The maximum atomic E-state index is 11.9. The van der Waals surface area contributed by atoms with Crippen LogP contribution in [0, 0.1) is 11.3 Å². The molecule has 90 valence electrons. The Morgan fingerprint density at radius 2 is 2.06 bits per heavy atom. The quantitative estimate of drug-likeness (QED) is 0.769. The standard InChI is InChI=1S/C11H18N2O3/c1-4-6-7(3)11(5-2)8(14)12-10(16)13-9(11)15/h7H,4-6H2,1-3H3,(H2,12,13,14,15,16)/p-1. The number of urea groups is 1. The first-order valence-corrected chi connectivity index (χ1v) is 5.60. The molecule has 5 nitrogen and oxygen atoms in total. The monoisotopic (exact) mass is 225 g/mol. The molecule has 0 aromatic heterocycles. The van der Waals surface area contributed by atoms with Crippen molar-refractivity contribution in [3.05, 3.63) is 0 Å². The SMILES string of the molecule is CCCC(C)C1(CC)C(=O)NC(=O)N=C1[O-]. The van der Waals surface area contributed by atoms with E-state index in [1.807, 2.05) is 13.8 Å². The van der Waals surface area contributed by atoms with E-state index in [1.54, 1.807) is 6.92 Å². The summed E-state index contributed by atoms with van der Waals surface area (Å²) in [5.74, 6) is -1.20. The Hall–Kier alpha value is -1.39. The van der Waals surface area contributed by atoms with Gasteiger partial charge in [0.15, 0.2) is 0 Å². The van der Waals surface area contributed by atoms with Crippen molar-refractivity contribution in [3.63, 3.8) is 0 Å². The molecule has 1 heterocycles. The summed E-state index contributed by atoms with van der Waals surface area (Å²) in [5, 5.41) is 14.0. The summed E-state index contributed by atoms with van der Waals surface area (Å²) >= 11 is 0. The third-order valence-electron chi connectivity index (χ3n) is 3.33. The van der Waals surface area contributed by atoms with Gasteiger partial charge in [-0.15, -0.1) is 0 Å². The fourth-order valence-electron chi connectivity index (χ4n) is 2.30. The zero-order valence-corrected chi connectivity index (χ0v) is 9.87. The van der Waals surface area contributed by atoms with E-state index >= 15 is 0 Å². The number of carbonyl (C=O) groups excluding carboxylic acids is 2. The Kier molecular flexibility index (Phi) is 3.67. The van der Waals surface area contributed by atoms with Gasteiger partial charge in [-0.2, -0.15) is 0 Å². The molecule has 0 radical (unpaired) electrons. The van der Waals surface area contributed by atoms with Gasteiger partial charge in [0.2, 0.25) is 5.91 Å². The second kappa shape index (κ2) is 4.63. The minimum Gasteiger partial charge on any atom is -0.861 e. The first kappa shape index (κ1) is 12.7. The topological polar surface area (TPSA) is 81.6 Å². The van der Waals surface area contributed by atoms with E-state index in [0.717, 1.165) is 12.8 Å². The van der Waals surface area contributed by atoms with Crippen molar-refractivity contribution >= 4 is 17.8 Å². The molecule has 0 fully saturated rings. The van der Waals surface area contributed by atoms with Gasteiger partial charge in [0, 0.05) is 0 Å². The molecule has 0 saturated heterocycles. The Morgan fingerprint density at radius 1 is 1.44 bits per heavy atom. The van der Waals surface area contributed by atoms with Crippen molar-refractivity contribution in [1.29, 1.82) is 0 Å². The molecule has 3 amide bonds. The summed E-state index contributed by atoms with van der Waals surface area (Å²) in [5.41, 5.74) is -1.15.